The van der Waals surface area contributed by atoms with Gasteiger partial charge in [0, 0.05) is 5.56 Å². The molecule has 1 atom stereocenters. The van der Waals surface area contributed by atoms with E-state index in [0.717, 1.165) is 27.9 Å². The van der Waals surface area contributed by atoms with Crippen LogP contribution in [0.2, 0.25) is 0 Å². The Morgan fingerprint density at radius 2 is 1.80 bits per heavy atom. The number of rotatable bonds is 6. The second kappa shape index (κ2) is 7.57. The molecule has 0 N–H and O–H groups in total. The number of Topliss-reactive ketones (excluding diaryl/α,β-unsaturated/α-hetero) is 1. The van der Waals surface area contributed by atoms with Crippen LogP contribution in [0.5, 0.6) is 5.75 Å². The quantitative estimate of drug-likeness (QED) is 0.607. The highest BCUT2D eigenvalue weighted by atomic mass is 32.2. The SMILES string of the molecule is COc1ccccc1-n1c(-c2ccccc2)cnc1SC(C)C(C)=O. The van der Waals surface area contributed by atoms with E-state index in [2.05, 4.69) is 9.55 Å². The van der Waals surface area contributed by atoms with Crippen molar-refractivity contribution in [2.75, 3.05) is 7.11 Å². The van der Waals surface area contributed by atoms with E-state index in [1.54, 1.807) is 14.0 Å². The van der Waals surface area contributed by atoms with E-state index in [1.807, 2.05) is 67.7 Å². The molecule has 0 saturated carbocycles. The lowest BCUT2D eigenvalue weighted by atomic mass is 10.1. The molecule has 128 valence electrons. The molecule has 0 spiro atoms. The van der Waals surface area contributed by atoms with Crippen molar-refractivity contribution in [1.82, 2.24) is 9.55 Å². The highest BCUT2D eigenvalue weighted by Crippen LogP contribution is 2.35. The first-order chi connectivity index (χ1) is 12.1. The van der Waals surface area contributed by atoms with Gasteiger partial charge in [-0.2, -0.15) is 0 Å². The van der Waals surface area contributed by atoms with Crippen LogP contribution in [0.4, 0.5) is 0 Å². The molecule has 0 aliphatic heterocycles. The van der Waals surface area contributed by atoms with Gasteiger partial charge in [-0.25, -0.2) is 4.98 Å². The maximum absolute atomic E-state index is 11.7. The first-order valence-electron chi connectivity index (χ1n) is 8.05. The minimum atomic E-state index is -0.167. The van der Waals surface area contributed by atoms with Gasteiger partial charge in [0.2, 0.25) is 0 Å². The van der Waals surface area contributed by atoms with Crippen LogP contribution in [0.3, 0.4) is 0 Å². The topological polar surface area (TPSA) is 44.1 Å². The van der Waals surface area contributed by atoms with E-state index in [1.165, 1.54) is 11.8 Å². The normalized spacial score (nSPS) is 12.0. The predicted molar refractivity (Wildman–Crippen MR) is 102 cm³/mol. The van der Waals surface area contributed by atoms with E-state index < -0.39 is 0 Å². The molecule has 3 aromatic rings. The van der Waals surface area contributed by atoms with Crippen LogP contribution >= 0.6 is 11.8 Å². The summed E-state index contributed by atoms with van der Waals surface area (Å²) in [6.45, 7) is 3.50. The number of imidazole rings is 1. The smallest absolute Gasteiger partial charge is 0.173 e. The maximum Gasteiger partial charge on any atom is 0.173 e. The fraction of sp³-hybridized carbons (Fsp3) is 0.200. The highest BCUT2D eigenvalue weighted by Gasteiger charge is 2.20. The van der Waals surface area contributed by atoms with E-state index in [-0.39, 0.29) is 11.0 Å². The molecule has 0 aliphatic rings. The number of benzene rings is 2. The molecule has 5 heteroatoms. The molecule has 0 aliphatic carbocycles. The summed E-state index contributed by atoms with van der Waals surface area (Å²) in [6, 6.07) is 17.9. The van der Waals surface area contributed by atoms with Gasteiger partial charge >= 0.3 is 0 Å². The van der Waals surface area contributed by atoms with Gasteiger partial charge in [0.15, 0.2) is 5.16 Å². The van der Waals surface area contributed by atoms with Gasteiger partial charge in [0.1, 0.15) is 11.5 Å². The van der Waals surface area contributed by atoms with Crippen LogP contribution in [-0.4, -0.2) is 27.7 Å². The number of carbonyl (C=O) groups excluding carboxylic acids is 1. The number of methoxy groups -OCH3 is 1. The van der Waals surface area contributed by atoms with Crippen molar-refractivity contribution in [3.8, 4) is 22.7 Å². The summed E-state index contributed by atoms with van der Waals surface area (Å²) >= 11 is 1.45. The monoisotopic (exact) mass is 352 g/mol. The van der Waals surface area contributed by atoms with Crippen LogP contribution in [0.1, 0.15) is 13.8 Å². The standard InChI is InChI=1S/C20H20N2O2S/c1-14(23)15(2)25-20-21-13-18(16-9-5-4-6-10-16)22(20)17-11-7-8-12-19(17)24-3/h4-13,15H,1-3H3. The predicted octanol–water partition coefficient (Wildman–Crippen LogP) is 4.62. The molecule has 1 aromatic heterocycles. The van der Waals surface area contributed by atoms with Gasteiger partial charge in [-0.3, -0.25) is 9.36 Å². The molecular weight excluding hydrogens is 332 g/mol. The lowest BCUT2D eigenvalue weighted by Gasteiger charge is -2.16. The number of carbonyl (C=O) groups is 1. The zero-order chi connectivity index (χ0) is 17.8. The Balaban J connectivity index is 2.18. The number of hydrogen-bond acceptors (Lipinski definition) is 4. The summed E-state index contributed by atoms with van der Waals surface area (Å²) in [4.78, 5) is 16.3. The van der Waals surface area contributed by atoms with Crippen LogP contribution in [0.15, 0.2) is 66.0 Å². The largest absolute Gasteiger partial charge is 0.495 e. The number of hydrogen-bond donors (Lipinski definition) is 0. The van der Waals surface area contributed by atoms with Crippen molar-refractivity contribution in [3.63, 3.8) is 0 Å². The van der Waals surface area contributed by atoms with Gasteiger partial charge < -0.3 is 4.74 Å². The zero-order valence-corrected chi connectivity index (χ0v) is 15.3. The van der Waals surface area contributed by atoms with Gasteiger partial charge in [-0.1, -0.05) is 54.2 Å². The molecule has 0 radical (unpaired) electrons. The number of ketones is 1. The minimum Gasteiger partial charge on any atom is -0.495 e. The van der Waals surface area contributed by atoms with Gasteiger partial charge in [-0.15, -0.1) is 0 Å². The van der Waals surface area contributed by atoms with E-state index in [9.17, 15) is 4.79 Å². The van der Waals surface area contributed by atoms with Crippen molar-refractivity contribution in [3.05, 3.63) is 60.8 Å². The molecule has 0 bridgehead atoms. The molecule has 0 fully saturated rings. The summed E-state index contributed by atoms with van der Waals surface area (Å²) in [5.41, 5.74) is 2.92. The van der Waals surface area contributed by atoms with Crippen molar-refractivity contribution < 1.29 is 9.53 Å². The van der Waals surface area contributed by atoms with Crippen molar-refractivity contribution >= 4 is 17.5 Å². The second-order valence-corrected chi connectivity index (χ2v) is 6.98. The third-order valence-electron chi connectivity index (χ3n) is 3.98. The Morgan fingerprint density at radius 3 is 2.48 bits per heavy atom. The number of aromatic nitrogens is 2. The molecule has 2 aromatic carbocycles. The molecule has 1 unspecified atom stereocenters. The first kappa shape index (κ1) is 17.3. The average Bonchev–Trinajstić information content (AvgIpc) is 3.05. The Labute approximate surface area is 151 Å². The van der Waals surface area contributed by atoms with Crippen LogP contribution in [0, 0.1) is 0 Å². The second-order valence-electron chi connectivity index (χ2n) is 5.67. The molecule has 3 rings (SSSR count). The molecule has 1 heterocycles. The third-order valence-corrected chi connectivity index (χ3v) is 5.16. The third kappa shape index (κ3) is 3.61. The Morgan fingerprint density at radius 1 is 1.12 bits per heavy atom. The van der Waals surface area contributed by atoms with E-state index >= 15 is 0 Å². The molecule has 0 saturated heterocycles. The maximum atomic E-state index is 11.7. The summed E-state index contributed by atoms with van der Waals surface area (Å²) in [5, 5.41) is 0.602. The fourth-order valence-corrected chi connectivity index (χ4v) is 3.42. The number of nitrogens with zero attached hydrogens (tertiary/aromatic N) is 2. The van der Waals surface area contributed by atoms with Crippen LogP contribution < -0.4 is 4.74 Å². The molecule has 25 heavy (non-hydrogen) atoms. The highest BCUT2D eigenvalue weighted by molar-refractivity contribution is 8.00. The minimum absolute atomic E-state index is 0.126. The molecular formula is C20H20N2O2S. The van der Waals surface area contributed by atoms with Crippen LogP contribution in [0.25, 0.3) is 16.9 Å². The first-order valence-corrected chi connectivity index (χ1v) is 8.93. The summed E-state index contributed by atoms with van der Waals surface area (Å²) in [7, 11) is 1.66. The van der Waals surface area contributed by atoms with Crippen molar-refractivity contribution in [1.29, 1.82) is 0 Å². The summed E-state index contributed by atoms with van der Waals surface area (Å²) in [6.07, 6.45) is 1.84. The Kier molecular flexibility index (Phi) is 5.24. The lowest BCUT2D eigenvalue weighted by Crippen LogP contribution is -2.10. The van der Waals surface area contributed by atoms with Gasteiger partial charge in [-0.05, 0) is 26.0 Å². The van der Waals surface area contributed by atoms with Crippen LogP contribution in [-0.2, 0) is 4.79 Å². The zero-order valence-electron chi connectivity index (χ0n) is 14.5. The van der Waals surface area contributed by atoms with Gasteiger partial charge in [0.05, 0.1) is 29.9 Å². The van der Waals surface area contributed by atoms with E-state index in [0.29, 0.717) is 0 Å². The Hall–Kier alpha value is -2.53. The number of ether oxygens (including phenoxy) is 1. The van der Waals surface area contributed by atoms with E-state index in [4.69, 9.17) is 4.74 Å². The van der Waals surface area contributed by atoms with Crippen molar-refractivity contribution in [2.24, 2.45) is 0 Å². The number of thioether (sulfide) groups is 1. The fourth-order valence-electron chi connectivity index (χ4n) is 2.52. The molecule has 4 nitrogen and oxygen atoms in total. The molecule has 0 amide bonds. The number of para-hydroxylation sites is 2. The lowest BCUT2D eigenvalue weighted by molar-refractivity contribution is -0.116. The van der Waals surface area contributed by atoms with Gasteiger partial charge in [0.25, 0.3) is 0 Å². The summed E-state index contributed by atoms with van der Waals surface area (Å²) < 4.78 is 7.60. The van der Waals surface area contributed by atoms with Crippen molar-refractivity contribution in [2.45, 2.75) is 24.3 Å². The average molecular weight is 352 g/mol. The summed E-state index contributed by atoms with van der Waals surface area (Å²) in [5.74, 6) is 0.885. The Bertz CT molecular complexity index is 874.